The summed E-state index contributed by atoms with van der Waals surface area (Å²) in [6, 6.07) is 0. The van der Waals surface area contributed by atoms with Crippen LogP contribution >= 0.6 is 0 Å². The monoisotopic (exact) mass is 211 g/mol. The predicted molar refractivity (Wildman–Crippen MR) is 58.6 cm³/mol. The molecule has 15 heavy (non-hydrogen) atoms. The standard InChI is InChI=1S/C12H21NO2/c14-12(13-8-11-9-15-11)7-6-10-4-2-1-3-5-10/h10-11H,1-9H2,(H,13,14)/t11-/m1/s1. The Balaban J connectivity index is 1.53. The third-order valence-corrected chi connectivity index (χ3v) is 3.43. The van der Waals surface area contributed by atoms with E-state index < -0.39 is 0 Å². The van der Waals surface area contributed by atoms with E-state index in [4.69, 9.17) is 4.74 Å². The zero-order valence-electron chi connectivity index (χ0n) is 9.34. The van der Waals surface area contributed by atoms with Gasteiger partial charge in [-0.1, -0.05) is 32.1 Å². The fourth-order valence-corrected chi connectivity index (χ4v) is 2.31. The molecule has 1 saturated heterocycles. The second-order valence-corrected chi connectivity index (χ2v) is 4.80. The molecule has 1 atom stereocenters. The van der Waals surface area contributed by atoms with Gasteiger partial charge in [0.25, 0.3) is 0 Å². The van der Waals surface area contributed by atoms with Crippen molar-refractivity contribution in [3.8, 4) is 0 Å². The molecule has 1 N–H and O–H groups in total. The zero-order chi connectivity index (χ0) is 10.5. The molecule has 1 aliphatic carbocycles. The quantitative estimate of drug-likeness (QED) is 0.705. The van der Waals surface area contributed by atoms with Crippen LogP contribution < -0.4 is 5.32 Å². The third kappa shape index (κ3) is 4.20. The maximum atomic E-state index is 11.5. The van der Waals surface area contributed by atoms with Crippen LogP contribution in [0.1, 0.15) is 44.9 Å². The van der Waals surface area contributed by atoms with Gasteiger partial charge in [0.15, 0.2) is 0 Å². The van der Waals surface area contributed by atoms with Crippen LogP contribution in [0.25, 0.3) is 0 Å². The minimum absolute atomic E-state index is 0.205. The summed E-state index contributed by atoms with van der Waals surface area (Å²) in [5.41, 5.74) is 0. The summed E-state index contributed by atoms with van der Waals surface area (Å²) in [7, 11) is 0. The molecule has 0 unspecified atom stereocenters. The number of carbonyl (C=O) groups is 1. The van der Waals surface area contributed by atoms with Gasteiger partial charge in [0.2, 0.25) is 5.91 Å². The summed E-state index contributed by atoms with van der Waals surface area (Å²) in [4.78, 5) is 11.5. The molecular formula is C12H21NO2. The van der Waals surface area contributed by atoms with Gasteiger partial charge >= 0.3 is 0 Å². The fourth-order valence-electron chi connectivity index (χ4n) is 2.31. The van der Waals surface area contributed by atoms with Gasteiger partial charge in [0, 0.05) is 13.0 Å². The van der Waals surface area contributed by atoms with E-state index in [9.17, 15) is 4.79 Å². The van der Waals surface area contributed by atoms with Crippen LogP contribution in [0.5, 0.6) is 0 Å². The van der Waals surface area contributed by atoms with Gasteiger partial charge in [-0.15, -0.1) is 0 Å². The highest BCUT2D eigenvalue weighted by Crippen LogP contribution is 2.27. The lowest BCUT2D eigenvalue weighted by molar-refractivity contribution is -0.121. The Morgan fingerprint density at radius 2 is 2.00 bits per heavy atom. The molecule has 0 aromatic carbocycles. The SMILES string of the molecule is O=C(CCC1CCCCC1)NC[C@@H]1CO1. The van der Waals surface area contributed by atoms with Crippen molar-refractivity contribution in [1.29, 1.82) is 0 Å². The topological polar surface area (TPSA) is 41.6 Å². The van der Waals surface area contributed by atoms with E-state index in [1.807, 2.05) is 0 Å². The van der Waals surface area contributed by atoms with Crippen molar-refractivity contribution >= 4 is 5.91 Å². The molecule has 1 amide bonds. The van der Waals surface area contributed by atoms with Crippen molar-refractivity contribution in [1.82, 2.24) is 5.32 Å². The number of rotatable bonds is 5. The lowest BCUT2D eigenvalue weighted by atomic mass is 9.86. The molecule has 0 aromatic heterocycles. The summed E-state index contributed by atoms with van der Waals surface area (Å²) >= 11 is 0. The molecule has 0 bridgehead atoms. The molecule has 1 saturated carbocycles. The summed E-state index contributed by atoms with van der Waals surface area (Å²) in [6.07, 6.45) is 8.88. The molecule has 3 nitrogen and oxygen atoms in total. The van der Waals surface area contributed by atoms with Crippen LogP contribution in [-0.4, -0.2) is 25.2 Å². The highest BCUT2D eigenvalue weighted by molar-refractivity contribution is 5.75. The normalized spacial score (nSPS) is 26.3. The number of epoxide rings is 1. The number of amides is 1. The number of carbonyl (C=O) groups excluding carboxylic acids is 1. The highest BCUT2D eigenvalue weighted by atomic mass is 16.6. The maximum absolute atomic E-state index is 11.5. The van der Waals surface area contributed by atoms with E-state index in [1.54, 1.807) is 0 Å². The van der Waals surface area contributed by atoms with E-state index in [0.29, 0.717) is 19.1 Å². The van der Waals surface area contributed by atoms with Crippen LogP contribution in [0, 0.1) is 5.92 Å². The average molecular weight is 211 g/mol. The Hall–Kier alpha value is -0.570. The third-order valence-electron chi connectivity index (χ3n) is 3.43. The van der Waals surface area contributed by atoms with Gasteiger partial charge in [-0.05, 0) is 12.3 Å². The molecule has 0 radical (unpaired) electrons. The lowest BCUT2D eigenvalue weighted by Crippen LogP contribution is -2.27. The van der Waals surface area contributed by atoms with E-state index in [0.717, 1.165) is 18.9 Å². The Bertz CT molecular complexity index is 208. The largest absolute Gasteiger partial charge is 0.371 e. The van der Waals surface area contributed by atoms with Crippen LogP contribution in [-0.2, 0) is 9.53 Å². The number of ether oxygens (including phenoxy) is 1. The molecule has 0 spiro atoms. The van der Waals surface area contributed by atoms with Gasteiger partial charge in [-0.2, -0.15) is 0 Å². The fraction of sp³-hybridized carbons (Fsp3) is 0.917. The van der Waals surface area contributed by atoms with Crippen molar-refractivity contribution < 1.29 is 9.53 Å². The van der Waals surface area contributed by atoms with Crippen molar-refractivity contribution in [2.45, 2.75) is 51.0 Å². The minimum atomic E-state index is 0.205. The second-order valence-electron chi connectivity index (χ2n) is 4.80. The summed E-state index contributed by atoms with van der Waals surface area (Å²) < 4.78 is 5.04. The van der Waals surface area contributed by atoms with E-state index in [1.165, 1.54) is 32.1 Å². The maximum Gasteiger partial charge on any atom is 0.220 e. The zero-order valence-corrected chi connectivity index (χ0v) is 9.34. The predicted octanol–water partition coefficient (Wildman–Crippen LogP) is 1.86. The average Bonchev–Trinajstić information content (AvgIpc) is 3.09. The molecule has 0 aromatic rings. The Kier molecular flexibility index (Phi) is 4.01. The van der Waals surface area contributed by atoms with Crippen molar-refractivity contribution in [3.63, 3.8) is 0 Å². The molecule has 2 rings (SSSR count). The van der Waals surface area contributed by atoms with Crippen LogP contribution in [0.15, 0.2) is 0 Å². The highest BCUT2D eigenvalue weighted by Gasteiger charge is 2.22. The molecule has 1 heterocycles. The summed E-state index contributed by atoms with van der Waals surface area (Å²) in [5.74, 6) is 1.01. The first-order valence-corrected chi connectivity index (χ1v) is 6.23. The van der Waals surface area contributed by atoms with E-state index in [-0.39, 0.29) is 5.91 Å². The first-order valence-electron chi connectivity index (χ1n) is 6.23. The summed E-state index contributed by atoms with van der Waals surface area (Å²) in [6.45, 7) is 1.53. The molecule has 2 aliphatic rings. The number of nitrogens with one attached hydrogen (secondary N) is 1. The minimum Gasteiger partial charge on any atom is -0.371 e. The molecule has 86 valence electrons. The van der Waals surface area contributed by atoms with Crippen LogP contribution in [0.3, 0.4) is 0 Å². The van der Waals surface area contributed by atoms with Gasteiger partial charge in [0.05, 0.1) is 12.7 Å². The van der Waals surface area contributed by atoms with E-state index in [2.05, 4.69) is 5.32 Å². The Morgan fingerprint density at radius 1 is 1.27 bits per heavy atom. The van der Waals surface area contributed by atoms with Gasteiger partial charge in [-0.25, -0.2) is 0 Å². The molecule has 2 fully saturated rings. The molecule has 1 aliphatic heterocycles. The number of hydrogen-bond donors (Lipinski definition) is 1. The van der Waals surface area contributed by atoms with Gasteiger partial charge in [-0.3, -0.25) is 4.79 Å². The van der Waals surface area contributed by atoms with Gasteiger partial charge in [0.1, 0.15) is 0 Å². The van der Waals surface area contributed by atoms with Crippen LogP contribution in [0.2, 0.25) is 0 Å². The smallest absolute Gasteiger partial charge is 0.220 e. The van der Waals surface area contributed by atoms with Crippen LogP contribution in [0.4, 0.5) is 0 Å². The molecule has 3 heteroatoms. The lowest BCUT2D eigenvalue weighted by Gasteiger charge is -2.20. The van der Waals surface area contributed by atoms with Crippen molar-refractivity contribution in [2.24, 2.45) is 5.92 Å². The van der Waals surface area contributed by atoms with Gasteiger partial charge < -0.3 is 10.1 Å². The second kappa shape index (κ2) is 5.50. The first kappa shape index (κ1) is 10.9. The summed E-state index contributed by atoms with van der Waals surface area (Å²) in [5, 5.41) is 2.92. The first-order chi connectivity index (χ1) is 7.34. The number of hydrogen-bond acceptors (Lipinski definition) is 2. The van der Waals surface area contributed by atoms with Crippen molar-refractivity contribution in [3.05, 3.63) is 0 Å². The molecular weight excluding hydrogens is 190 g/mol. The Labute approximate surface area is 91.6 Å². The Morgan fingerprint density at radius 3 is 2.67 bits per heavy atom. The van der Waals surface area contributed by atoms with Crippen molar-refractivity contribution in [2.75, 3.05) is 13.2 Å². The van der Waals surface area contributed by atoms with E-state index >= 15 is 0 Å².